The summed E-state index contributed by atoms with van der Waals surface area (Å²) in [5.41, 5.74) is 4.42. The van der Waals surface area contributed by atoms with Crippen LogP contribution in [0.2, 0.25) is 0 Å². The van der Waals surface area contributed by atoms with Crippen LogP contribution in [0, 0.1) is 6.92 Å². The second-order valence-corrected chi connectivity index (χ2v) is 6.68. The van der Waals surface area contributed by atoms with Gasteiger partial charge in [0, 0.05) is 11.7 Å². The third-order valence-electron chi connectivity index (χ3n) is 4.86. The summed E-state index contributed by atoms with van der Waals surface area (Å²) in [7, 11) is 0. The molecule has 0 saturated heterocycles. The fourth-order valence-corrected chi connectivity index (χ4v) is 3.37. The highest BCUT2D eigenvalue weighted by atomic mass is 16.1. The molecule has 3 aromatic carbocycles. The molecule has 0 aliphatic carbocycles. The van der Waals surface area contributed by atoms with Gasteiger partial charge in [-0.2, -0.15) is 0 Å². The van der Waals surface area contributed by atoms with E-state index in [9.17, 15) is 4.79 Å². The van der Waals surface area contributed by atoms with E-state index in [-0.39, 0.29) is 18.5 Å². The highest BCUT2D eigenvalue weighted by Gasteiger charge is 2.12. The van der Waals surface area contributed by atoms with Crippen LogP contribution in [0.4, 0.5) is 5.69 Å². The first-order valence-electron chi connectivity index (χ1n) is 9.19. The van der Waals surface area contributed by atoms with Gasteiger partial charge in [-0.1, -0.05) is 67.6 Å². The lowest BCUT2D eigenvalue weighted by atomic mass is 10.00. The van der Waals surface area contributed by atoms with E-state index in [1.807, 2.05) is 25.1 Å². The zero-order chi connectivity index (χ0) is 18.5. The number of rotatable bonds is 6. The molecule has 0 unspecified atom stereocenters. The van der Waals surface area contributed by atoms with E-state index in [1.54, 1.807) is 0 Å². The molecule has 0 bridgehead atoms. The fraction of sp³-hybridized carbons (Fsp3) is 0.261. The lowest BCUT2D eigenvalue weighted by Gasteiger charge is -2.18. The Bertz CT molecular complexity index is 912. The lowest BCUT2D eigenvalue weighted by Crippen LogP contribution is -2.30. The molecule has 0 spiro atoms. The van der Waals surface area contributed by atoms with E-state index in [0.29, 0.717) is 0 Å². The van der Waals surface area contributed by atoms with Crippen molar-refractivity contribution >= 4 is 22.4 Å². The van der Waals surface area contributed by atoms with Gasteiger partial charge in [0.1, 0.15) is 0 Å². The Balaban J connectivity index is 1.68. The Morgan fingerprint density at radius 3 is 2.54 bits per heavy atom. The van der Waals surface area contributed by atoms with Gasteiger partial charge in [0.05, 0.1) is 6.54 Å². The van der Waals surface area contributed by atoms with Crippen molar-refractivity contribution in [2.75, 3.05) is 11.9 Å². The molecule has 0 fully saturated rings. The Morgan fingerprint density at radius 1 is 1.00 bits per heavy atom. The van der Waals surface area contributed by atoms with Gasteiger partial charge in [-0.25, -0.2) is 0 Å². The second kappa shape index (κ2) is 8.15. The number of amides is 1. The number of fused-ring (bicyclic) bond motifs is 1. The predicted octanol–water partition coefficient (Wildman–Crippen LogP) is 5.00. The van der Waals surface area contributed by atoms with Crippen molar-refractivity contribution in [1.82, 2.24) is 5.32 Å². The van der Waals surface area contributed by atoms with Crippen LogP contribution in [0.25, 0.3) is 10.8 Å². The number of nitrogens with one attached hydrogen (secondary N) is 2. The molecule has 2 N–H and O–H groups in total. The molecule has 3 rings (SSSR count). The van der Waals surface area contributed by atoms with E-state index < -0.39 is 0 Å². The maximum Gasteiger partial charge on any atom is 0.238 e. The van der Waals surface area contributed by atoms with E-state index in [1.165, 1.54) is 21.9 Å². The first-order chi connectivity index (χ1) is 12.6. The van der Waals surface area contributed by atoms with Gasteiger partial charge in [-0.05, 0) is 47.7 Å². The SMILES string of the molecule is CCc1cccc(C)c1NC(=O)CN[C@H](C)c1cccc2ccccc12. The highest BCUT2D eigenvalue weighted by Crippen LogP contribution is 2.24. The molecule has 1 atom stereocenters. The zero-order valence-electron chi connectivity index (χ0n) is 15.7. The van der Waals surface area contributed by atoms with Crippen molar-refractivity contribution in [2.24, 2.45) is 0 Å². The number of aryl methyl sites for hydroxylation is 2. The van der Waals surface area contributed by atoms with Crippen LogP contribution < -0.4 is 10.6 Å². The quantitative estimate of drug-likeness (QED) is 0.659. The number of carbonyl (C=O) groups excluding carboxylic acids is 1. The van der Waals surface area contributed by atoms with E-state index >= 15 is 0 Å². The van der Waals surface area contributed by atoms with Crippen molar-refractivity contribution < 1.29 is 4.79 Å². The molecule has 0 heterocycles. The minimum atomic E-state index is -0.0129. The van der Waals surface area contributed by atoms with Crippen LogP contribution in [0.3, 0.4) is 0 Å². The Labute approximate surface area is 155 Å². The van der Waals surface area contributed by atoms with Gasteiger partial charge < -0.3 is 10.6 Å². The molecular weight excluding hydrogens is 320 g/mol. The minimum absolute atomic E-state index is 0.0129. The normalized spacial score (nSPS) is 12.1. The van der Waals surface area contributed by atoms with E-state index in [0.717, 1.165) is 17.7 Å². The number of para-hydroxylation sites is 1. The van der Waals surface area contributed by atoms with Gasteiger partial charge >= 0.3 is 0 Å². The molecule has 0 saturated carbocycles. The number of carbonyl (C=O) groups is 1. The molecule has 0 aliphatic rings. The van der Waals surface area contributed by atoms with Crippen LogP contribution in [0.15, 0.2) is 60.7 Å². The zero-order valence-corrected chi connectivity index (χ0v) is 15.7. The maximum atomic E-state index is 12.5. The van der Waals surface area contributed by atoms with Crippen molar-refractivity contribution in [3.63, 3.8) is 0 Å². The topological polar surface area (TPSA) is 41.1 Å². The average molecular weight is 346 g/mol. The molecule has 3 heteroatoms. The number of hydrogen-bond donors (Lipinski definition) is 2. The van der Waals surface area contributed by atoms with Crippen molar-refractivity contribution in [3.05, 3.63) is 77.4 Å². The second-order valence-electron chi connectivity index (χ2n) is 6.68. The predicted molar refractivity (Wildman–Crippen MR) is 110 cm³/mol. The first-order valence-corrected chi connectivity index (χ1v) is 9.19. The summed E-state index contributed by atoms with van der Waals surface area (Å²) in [4.78, 5) is 12.5. The van der Waals surface area contributed by atoms with Crippen LogP contribution in [-0.2, 0) is 11.2 Å². The molecule has 0 radical (unpaired) electrons. The van der Waals surface area contributed by atoms with E-state index in [4.69, 9.17) is 0 Å². The summed E-state index contributed by atoms with van der Waals surface area (Å²) in [6.45, 7) is 6.51. The van der Waals surface area contributed by atoms with Gasteiger partial charge in [0.15, 0.2) is 0 Å². The number of anilines is 1. The largest absolute Gasteiger partial charge is 0.324 e. The molecule has 134 valence electrons. The Hall–Kier alpha value is -2.65. The van der Waals surface area contributed by atoms with Crippen LogP contribution in [0.5, 0.6) is 0 Å². The molecule has 0 aromatic heterocycles. The number of hydrogen-bond acceptors (Lipinski definition) is 2. The van der Waals surface area contributed by atoms with Gasteiger partial charge in [-0.15, -0.1) is 0 Å². The summed E-state index contributed by atoms with van der Waals surface area (Å²) in [5, 5.41) is 8.87. The maximum absolute atomic E-state index is 12.5. The smallest absolute Gasteiger partial charge is 0.238 e. The first kappa shape index (κ1) is 18.2. The summed E-state index contributed by atoms with van der Waals surface area (Å²) in [5.74, 6) is -0.0129. The van der Waals surface area contributed by atoms with Crippen molar-refractivity contribution in [3.8, 4) is 0 Å². The highest BCUT2D eigenvalue weighted by molar-refractivity contribution is 5.94. The third kappa shape index (κ3) is 3.94. The number of benzene rings is 3. The molecule has 1 amide bonds. The summed E-state index contributed by atoms with van der Waals surface area (Å²) in [6.07, 6.45) is 0.900. The van der Waals surface area contributed by atoms with Gasteiger partial charge in [0.25, 0.3) is 0 Å². The molecule has 3 nitrogen and oxygen atoms in total. The summed E-state index contributed by atoms with van der Waals surface area (Å²) < 4.78 is 0. The third-order valence-corrected chi connectivity index (χ3v) is 4.86. The molecule has 26 heavy (non-hydrogen) atoms. The summed E-state index contributed by atoms with van der Waals surface area (Å²) >= 11 is 0. The monoisotopic (exact) mass is 346 g/mol. The van der Waals surface area contributed by atoms with Crippen molar-refractivity contribution in [2.45, 2.75) is 33.2 Å². The van der Waals surface area contributed by atoms with E-state index in [2.05, 4.69) is 66.9 Å². The molecular formula is C23H26N2O. The molecule has 0 aliphatic heterocycles. The Morgan fingerprint density at radius 2 is 1.73 bits per heavy atom. The molecule has 3 aromatic rings. The van der Waals surface area contributed by atoms with Gasteiger partial charge in [0.2, 0.25) is 5.91 Å². The standard InChI is InChI=1S/C23H26N2O/c1-4-18-11-7-9-16(2)23(18)25-22(26)15-24-17(3)20-14-8-12-19-10-5-6-13-21(19)20/h5-14,17,24H,4,15H2,1-3H3,(H,25,26)/t17-/m1/s1. The lowest BCUT2D eigenvalue weighted by molar-refractivity contribution is -0.115. The van der Waals surface area contributed by atoms with Crippen LogP contribution >= 0.6 is 0 Å². The van der Waals surface area contributed by atoms with Crippen LogP contribution in [0.1, 0.15) is 36.6 Å². The average Bonchev–Trinajstić information content (AvgIpc) is 2.67. The minimum Gasteiger partial charge on any atom is -0.324 e. The van der Waals surface area contributed by atoms with Gasteiger partial charge in [-0.3, -0.25) is 4.79 Å². The summed E-state index contributed by atoms with van der Waals surface area (Å²) in [6, 6.07) is 20.9. The fourth-order valence-electron chi connectivity index (χ4n) is 3.37. The Kier molecular flexibility index (Phi) is 5.69. The van der Waals surface area contributed by atoms with Crippen molar-refractivity contribution in [1.29, 1.82) is 0 Å². The van der Waals surface area contributed by atoms with Crippen LogP contribution in [-0.4, -0.2) is 12.5 Å².